The molecule has 1 aromatic carbocycles. The summed E-state index contributed by atoms with van der Waals surface area (Å²) < 4.78 is 19.6. The van der Waals surface area contributed by atoms with E-state index in [-0.39, 0.29) is 11.8 Å². The number of hydrogen-bond donors (Lipinski definition) is 1. The molecule has 2 saturated heterocycles. The highest BCUT2D eigenvalue weighted by molar-refractivity contribution is 5.74. The van der Waals surface area contributed by atoms with Gasteiger partial charge in [0.1, 0.15) is 11.9 Å². The van der Waals surface area contributed by atoms with Crippen molar-refractivity contribution in [3.63, 3.8) is 0 Å². The molecule has 2 fully saturated rings. The molecule has 2 heterocycles. The Bertz CT molecular complexity index is 596. The van der Waals surface area contributed by atoms with Crippen LogP contribution in [0.5, 0.6) is 0 Å². The molecule has 0 aliphatic carbocycles. The van der Waals surface area contributed by atoms with Crippen LogP contribution < -0.4 is 5.32 Å². The van der Waals surface area contributed by atoms with Gasteiger partial charge in [0, 0.05) is 31.2 Å². The fourth-order valence-corrected chi connectivity index (χ4v) is 3.60. The third kappa shape index (κ3) is 4.50. The number of halogens is 1. The molecule has 0 spiro atoms. The number of nitrogens with one attached hydrogen (secondary N) is 1. The number of hydrogen-bond acceptors (Lipinski definition) is 3. The number of amides is 2. The minimum atomic E-state index is -0.399. The fraction of sp³-hybridized carbons (Fsp3) is 0.632. The average Bonchev–Trinajstić information content (AvgIpc) is 3.09. The predicted octanol–water partition coefficient (Wildman–Crippen LogP) is 2.64. The first-order valence-corrected chi connectivity index (χ1v) is 9.17. The molecule has 1 aromatic rings. The van der Waals surface area contributed by atoms with Crippen molar-refractivity contribution in [1.82, 2.24) is 15.1 Å². The van der Waals surface area contributed by atoms with Gasteiger partial charge < -0.3 is 19.9 Å². The van der Waals surface area contributed by atoms with Crippen molar-refractivity contribution in [2.45, 2.75) is 32.4 Å². The Hall–Kier alpha value is -1.66. The number of likely N-dealkylation sites (tertiary alicyclic amines) is 1. The van der Waals surface area contributed by atoms with Crippen molar-refractivity contribution in [2.75, 3.05) is 39.3 Å². The molecule has 5 nitrogen and oxygen atoms in total. The first-order valence-electron chi connectivity index (χ1n) is 9.17. The summed E-state index contributed by atoms with van der Waals surface area (Å²) in [7, 11) is 0. The second-order valence-corrected chi connectivity index (χ2v) is 7.26. The lowest BCUT2D eigenvalue weighted by Gasteiger charge is -2.33. The molecule has 0 bridgehead atoms. The summed E-state index contributed by atoms with van der Waals surface area (Å²) in [5.41, 5.74) is 0.517. The van der Waals surface area contributed by atoms with E-state index in [4.69, 9.17) is 4.74 Å². The van der Waals surface area contributed by atoms with Crippen LogP contribution in [0, 0.1) is 11.7 Å². The van der Waals surface area contributed by atoms with E-state index in [0.717, 1.165) is 19.5 Å². The number of rotatable bonds is 4. The van der Waals surface area contributed by atoms with Crippen molar-refractivity contribution >= 4 is 6.03 Å². The van der Waals surface area contributed by atoms with Crippen LogP contribution in [0.2, 0.25) is 0 Å². The van der Waals surface area contributed by atoms with Crippen LogP contribution in [0.3, 0.4) is 0 Å². The first kappa shape index (κ1) is 18.1. The smallest absolute Gasteiger partial charge is 0.317 e. The normalized spacial score (nSPS) is 24.7. The number of nitrogens with zero attached hydrogens (tertiary/aromatic N) is 2. The lowest BCUT2D eigenvalue weighted by atomic mass is 10.1. The van der Waals surface area contributed by atoms with Crippen molar-refractivity contribution in [2.24, 2.45) is 5.92 Å². The van der Waals surface area contributed by atoms with Gasteiger partial charge in [0.2, 0.25) is 0 Å². The van der Waals surface area contributed by atoms with Gasteiger partial charge >= 0.3 is 6.03 Å². The third-order valence-corrected chi connectivity index (χ3v) is 5.20. The highest BCUT2D eigenvalue weighted by Crippen LogP contribution is 2.24. The maximum atomic E-state index is 14.0. The molecule has 0 aromatic heterocycles. The zero-order valence-electron chi connectivity index (χ0n) is 15.1. The molecular weight excluding hydrogens is 321 g/mol. The molecule has 25 heavy (non-hydrogen) atoms. The molecule has 0 saturated carbocycles. The summed E-state index contributed by atoms with van der Waals surface area (Å²) in [5, 5.41) is 3.05. The van der Waals surface area contributed by atoms with Gasteiger partial charge in [-0.2, -0.15) is 0 Å². The molecule has 2 amide bonds. The zero-order chi connectivity index (χ0) is 17.8. The molecular formula is C19H28FN3O2. The van der Waals surface area contributed by atoms with E-state index < -0.39 is 6.10 Å². The average molecular weight is 349 g/mol. The van der Waals surface area contributed by atoms with E-state index in [9.17, 15) is 9.18 Å². The van der Waals surface area contributed by atoms with Crippen LogP contribution in [0.4, 0.5) is 9.18 Å². The molecule has 0 unspecified atom stereocenters. The highest BCUT2D eigenvalue weighted by atomic mass is 19.1. The third-order valence-electron chi connectivity index (χ3n) is 5.20. The van der Waals surface area contributed by atoms with E-state index in [1.165, 1.54) is 6.07 Å². The minimum Gasteiger partial charge on any atom is -0.370 e. The molecule has 1 N–H and O–H groups in total. The first-order chi connectivity index (χ1) is 12.0. The lowest BCUT2D eigenvalue weighted by Crippen LogP contribution is -2.48. The zero-order valence-corrected chi connectivity index (χ0v) is 15.1. The van der Waals surface area contributed by atoms with E-state index in [0.29, 0.717) is 43.8 Å². The topological polar surface area (TPSA) is 44.8 Å². The molecule has 2 aliphatic heterocycles. The van der Waals surface area contributed by atoms with E-state index in [1.807, 2.05) is 0 Å². The maximum absolute atomic E-state index is 14.0. The lowest BCUT2D eigenvalue weighted by molar-refractivity contribution is -0.0172. The SMILES string of the molecule is CC(C)N1CC[C@@H](CNC(=O)N2CCO[C@H](c3ccccc3F)C2)C1. The summed E-state index contributed by atoms with van der Waals surface area (Å²) in [4.78, 5) is 16.7. The second kappa shape index (κ2) is 8.15. The van der Waals surface area contributed by atoms with Crippen molar-refractivity contribution in [1.29, 1.82) is 0 Å². The standard InChI is InChI=1S/C19H28FN3O2/c1-14(2)22-8-7-15(12-22)11-21-19(24)23-9-10-25-18(13-23)16-5-3-4-6-17(16)20/h3-6,14-15,18H,7-13H2,1-2H3,(H,21,24)/t15-,18-/m0/s1. The summed E-state index contributed by atoms with van der Waals surface area (Å²) in [6, 6.07) is 7.09. The number of benzene rings is 1. The van der Waals surface area contributed by atoms with Crippen molar-refractivity contribution < 1.29 is 13.9 Å². The van der Waals surface area contributed by atoms with Crippen LogP contribution in [0.15, 0.2) is 24.3 Å². The minimum absolute atomic E-state index is 0.0763. The quantitative estimate of drug-likeness (QED) is 0.909. The highest BCUT2D eigenvalue weighted by Gasteiger charge is 2.28. The Labute approximate surface area is 149 Å². The van der Waals surface area contributed by atoms with Gasteiger partial charge in [-0.3, -0.25) is 0 Å². The maximum Gasteiger partial charge on any atom is 0.317 e. The monoisotopic (exact) mass is 349 g/mol. The van der Waals surface area contributed by atoms with Crippen molar-refractivity contribution in [3.05, 3.63) is 35.6 Å². The van der Waals surface area contributed by atoms with Gasteiger partial charge in [0.15, 0.2) is 0 Å². The number of carbonyl (C=O) groups is 1. The summed E-state index contributed by atoms with van der Waals surface area (Å²) in [6.07, 6.45) is 0.725. The summed E-state index contributed by atoms with van der Waals surface area (Å²) in [5.74, 6) is 0.226. The van der Waals surface area contributed by atoms with Gasteiger partial charge in [0.05, 0.1) is 13.2 Å². The Balaban J connectivity index is 1.50. The van der Waals surface area contributed by atoms with Gasteiger partial charge in [-0.1, -0.05) is 18.2 Å². The molecule has 2 aliphatic rings. The predicted molar refractivity (Wildman–Crippen MR) is 94.9 cm³/mol. The number of urea groups is 1. The Morgan fingerprint density at radius 1 is 1.32 bits per heavy atom. The molecule has 0 radical (unpaired) electrons. The van der Waals surface area contributed by atoms with Crippen LogP contribution >= 0.6 is 0 Å². The Kier molecular flexibility index (Phi) is 5.91. The Morgan fingerprint density at radius 3 is 2.84 bits per heavy atom. The second-order valence-electron chi connectivity index (χ2n) is 7.26. The summed E-state index contributed by atoms with van der Waals surface area (Å²) in [6.45, 7) is 8.61. The van der Waals surface area contributed by atoms with Crippen molar-refractivity contribution in [3.8, 4) is 0 Å². The number of morpholine rings is 1. The van der Waals surface area contributed by atoms with Gasteiger partial charge in [-0.15, -0.1) is 0 Å². The van der Waals surface area contributed by atoms with Crippen LogP contribution in [-0.4, -0.2) is 61.2 Å². The Morgan fingerprint density at radius 2 is 2.12 bits per heavy atom. The molecule has 6 heteroatoms. The fourth-order valence-electron chi connectivity index (χ4n) is 3.60. The largest absolute Gasteiger partial charge is 0.370 e. The van der Waals surface area contributed by atoms with Gasteiger partial charge in [0.25, 0.3) is 0 Å². The van der Waals surface area contributed by atoms with Crippen LogP contribution in [0.1, 0.15) is 31.9 Å². The van der Waals surface area contributed by atoms with Gasteiger partial charge in [-0.25, -0.2) is 9.18 Å². The van der Waals surface area contributed by atoms with E-state index in [1.54, 1.807) is 23.1 Å². The summed E-state index contributed by atoms with van der Waals surface area (Å²) >= 11 is 0. The van der Waals surface area contributed by atoms with Crippen LogP contribution in [-0.2, 0) is 4.74 Å². The molecule has 3 rings (SSSR count). The van der Waals surface area contributed by atoms with Crippen LogP contribution in [0.25, 0.3) is 0 Å². The van der Waals surface area contributed by atoms with Gasteiger partial charge in [-0.05, 0) is 38.8 Å². The molecule has 138 valence electrons. The van der Waals surface area contributed by atoms with E-state index in [2.05, 4.69) is 24.1 Å². The van der Waals surface area contributed by atoms with E-state index >= 15 is 0 Å². The molecule has 2 atom stereocenters. The number of ether oxygens (including phenoxy) is 1. The number of carbonyl (C=O) groups excluding carboxylic acids is 1.